The fraction of sp³-hybridized carbons (Fsp3) is 0.448. The molecule has 0 spiro atoms. The Morgan fingerprint density at radius 1 is 1.16 bits per heavy atom. The van der Waals surface area contributed by atoms with Crippen molar-refractivity contribution in [1.29, 1.82) is 0 Å². The van der Waals surface area contributed by atoms with Gasteiger partial charge in [0.25, 0.3) is 0 Å². The van der Waals surface area contributed by atoms with Gasteiger partial charge in [0.2, 0.25) is 6.29 Å². The monoisotopic (exact) mass is 504 g/mol. The van der Waals surface area contributed by atoms with Crippen LogP contribution in [0.5, 0.6) is 5.75 Å². The standard InChI is InChI=1S/C29H32N2O6/c1-17(19-7-8-20-10-23-27(37-26(20)12-19)9-18(2)36-28(23)32)13-30-14-21-11-25(29-34-15-33-16-35-29)31-24-6-4-3-5-22(21)24/h3-6,9-11,17,19,26,29-30H,7-8,12-16H2,1-2H3/t17?,19-,26-/m0/s1. The third-order valence-corrected chi connectivity index (χ3v) is 7.66. The van der Waals surface area contributed by atoms with E-state index in [1.165, 1.54) is 11.1 Å². The summed E-state index contributed by atoms with van der Waals surface area (Å²) in [6.07, 6.45) is 4.48. The lowest BCUT2D eigenvalue weighted by Crippen LogP contribution is -2.36. The van der Waals surface area contributed by atoms with E-state index in [2.05, 4.69) is 24.4 Å². The van der Waals surface area contributed by atoms with E-state index in [4.69, 9.17) is 28.3 Å². The van der Waals surface area contributed by atoms with E-state index in [1.807, 2.05) is 30.3 Å². The highest BCUT2D eigenvalue weighted by Gasteiger charge is 2.34. The van der Waals surface area contributed by atoms with E-state index in [0.717, 1.165) is 48.9 Å². The predicted molar refractivity (Wildman–Crippen MR) is 138 cm³/mol. The molecule has 6 rings (SSSR count). The van der Waals surface area contributed by atoms with Crippen LogP contribution >= 0.6 is 0 Å². The normalized spacial score (nSPS) is 22.6. The fourth-order valence-electron chi connectivity index (χ4n) is 5.63. The van der Waals surface area contributed by atoms with Crippen LogP contribution in [0.15, 0.2) is 51.2 Å². The van der Waals surface area contributed by atoms with Gasteiger partial charge in [0.1, 0.15) is 23.2 Å². The number of hydrogen-bond donors (Lipinski definition) is 1. The Bertz CT molecular complexity index is 1380. The average Bonchev–Trinajstić information content (AvgIpc) is 2.92. The highest BCUT2D eigenvalue weighted by Crippen LogP contribution is 2.40. The second-order valence-electron chi connectivity index (χ2n) is 10.2. The van der Waals surface area contributed by atoms with Crippen molar-refractivity contribution in [2.75, 3.05) is 20.1 Å². The molecule has 2 aliphatic heterocycles. The molecule has 2 fully saturated rings. The summed E-state index contributed by atoms with van der Waals surface area (Å²) in [5.74, 6) is 2.23. The lowest BCUT2D eigenvalue weighted by Gasteiger charge is -2.37. The molecule has 3 aromatic rings. The first-order valence-corrected chi connectivity index (χ1v) is 13.0. The largest absolute Gasteiger partial charge is 0.485 e. The molecule has 37 heavy (non-hydrogen) atoms. The maximum absolute atomic E-state index is 12.2. The number of hydrogen-bond acceptors (Lipinski definition) is 8. The molecule has 0 radical (unpaired) electrons. The summed E-state index contributed by atoms with van der Waals surface area (Å²) in [6.45, 7) is 6.11. The molecule has 2 aromatic heterocycles. The van der Waals surface area contributed by atoms with E-state index in [1.54, 1.807) is 6.92 Å². The van der Waals surface area contributed by atoms with E-state index in [0.29, 0.717) is 28.9 Å². The zero-order valence-corrected chi connectivity index (χ0v) is 21.2. The van der Waals surface area contributed by atoms with Crippen molar-refractivity contribution in [3.8, 4) is 5.75 Å². The minimum atomic E-state index is -0.517. The molecular formula is C29H32N2O6. The average molecular weight is 505 g/mol. The molecule has 8 heteroatoms. The number of rotatable bonds is 6. The number of nitrogens with zero attached hydrogens (tertiary/aromatic N) is 1. The lowest BCUT2D eigenvalue weighted by atomic mass is 9.76. The van der Waals surface area contributed by atoms with Gasteiger partial charge in [-0.25, -0.2) is 9.78 Å². The number of fused-ring (bicyclic) bond motifs is 3. The third-order valence-electron chi connectivity index (χ3n) is 7.66. The summed E-state index contributed by atoms with van der Waals surface area (Å²) >= 11 is 0. The first-order chi connectivity index (χ1) is 18.0. The number of pyridine rings is 1. The van der Waals surface area contributed by atoms with Crippen molar-refractivity contribution in [3.63, 3.8) is 0 Å². The zero-order chi connectivity index (χ0) is 25.4. The second-order valence-corrected chi connectivity index (χ2v) is 10.2. The molecule has 1 saturated heterocycles. The van der Waals surface area contributed by atoms with E-state index >= 15 is 0 Å². The van der Waals surface area contributed by atoms with Crippen LogP contribution in [0.3, 0.4) is 0 Å². The van der Waals surface area contributed by atoms with Crippen molar-refractivity contribution in [3.05, 3.63) is 75.0 Å². The van der Waals surface area contributed by atoms with Gasteiger partial charge in [-0.1, -0.05) is 25.1 Å². The topological polar surface area (TPSA) is 92.1 Å². The summed E-state index contributed by atoms with van der Waals surface area (Å²) in [7, 11) is 0. The number of ether oxygens (including phenoxy) is 4. The fourth-order valence-corrected chi connectivity index (χ4v) is 5.63. The molecular weight excluding hydrogens is 472 g/mol. The number of benzene rings is 1. The highest BCUT2D eigenvalue weighted by atomic mass is 16.8. The minimum Gasteiger partial charge on any atom is -0.485 e. The van der Waals surface area contributed by atoms with Gasteiger partial charge in [0.15, 0.2) is 13.6 Å². The molecule has 194 valence electrons. The number of nitrogens with one attached hydrogen (secondary N) is 1. The molecule has 0 amide bonds. The summed E-state index contributed by atoms with van der Waals surface area (Å²) < 4.78 is 27.9. The highest BCUT2D eigenvalue weighted by molar-refractivity contribution is 5.82. The van der Waals surface area contributed by atoms with Crippen LogP contribution in [0.4, 0.5) is 0 Å². The van der Waals surface area contributed by atoms with Crippen LogP contribution in [0.25, 0.3) is 17.0 Å². The Balaban J connectivity index is 1.11. The first kappa shape index (κ1) is 24.3. The molecule has 1 saturated carbocycles. The SMILES string of the molecule is Cc1cc2c(c(=O)o1)C=C1CC[C@H](C(C)CNCc3cc(C4OCOCO4)nc4ccccc34)C[C@@H]1O2. The minimum absolute atomic E-state index is 0.0288. The molecule has 8 nitrogen and oxygen atoms in total. The molecule has 3 aliphatic rings. The van der Waals surface area contributed by atoms with Gasteiger partial charge in [-0.3, -0.25) is 0 Å². The molecule has 4 heterocycles. The summed E-state index contributed by atoms with van der Waals surface area (Å²) in [5.41, 5.74) is 4.29. The Morgan fingerprint density at radius 2 is 2.00 bits per heavy atom. The molecule has 0 bridgehead atoms. The van der Waals surface area contributed by atoms with Gasteiger partial charge >= 0.3 is 5.63 Å². The Hall–Kier alpha value is -3.04. The quantitative estimate of drug-likeness (QED) is 0.510. The van der Waals surface area contributed by atoms with Crippen molar-refractivity contribution >= 4 is 17.0 Å². The predicted octanol–water partition coefficient (Wildman–Crippen LogP) is 4.84. The van der Waals surface area contributed by atoms with Crippen molar-refractivity contribution in [2.24, 2.45) is 11.8 Å². The molecule has 1 aliphatic carbocycles. The van der Waals surface area contributed by atoms with E-state index < -0.39 is 6.29 Å². The van der Waals surface area contributed by atoms with Crippen molar-refractivity contribution in [2.45, 2.75) is 52.0 Å². The molecule has 3 atom stereocenters. The Kier molecular flexibility index (Phi) is 6.82. The Labute approximate surface area is 215 Å². The number of aromatic nitrogens is 1. The van der Waals surface area contributed by atoms with Crippen LogP contribution < -0.4 is 15.7 Å². The summed E-state index contributed by atoms with van der Waals surface area (Å²) in [4.78, 5) is 17.0. The molecule has 1 unspecified atom stereocenters. The lowest BCUT2D eigenvalue weighted by molar-refractivity contribution is -0.304. The van der Waals surface area contributed by atoms with Gasteiger partial charge in [-0.2, -0.15) is 0 Å². The number of para-hydroxylation sites is 1. The molecule has 1 N–H and O–H groups in total. The van der Waals surface area contributed by atoms with E-state index in [9.17, 15) is 4.79 Å². The maximum atomic E-state index is 12.2. The summed E-state index contributed by atoms with van der Waals surface area (Å²) in [5, 5.41) is 4.81. The van der Waals surface area contributed by atoms with Gasteiger partial charge < -0.3 is 28.7 Å². The van der Waals surface area contributed by atoms with Crippen LogP contribution in [0.1, 0.15) is 55.1 Å². The van der Waals surface area contributed by atoms with Crippen LogP contribution in [0, 0.1) is 18.8 Å². The smallest absolute Gasteiger partial charge is 0.346 e. The number of aryl methyl sites for hydroxylation is 1. The Morgan fingerprint density at radius 3 is 2.86 bits per heavy atom. The van der Waals surface area contributed by atoms with Crippen LogP contribution in [-0.2, 0) is 20.8 Å². The third kappa shape index (κ3) is 5.07. The zero-order valence-electron chi connectivity index (χ0n) is 21.2. The van der Waals surface area contributed by atoms with Gasteiger partial charge in [-0.15, -0.1) is 0 Å². The maximum Gasteiger partial charge on any atom is 0.346 e. The van der Waals surface area contributed by atoms with Gasteiger partial charge in [-0.05, 0) is 73.9 Å². The second kappa shape index (κ2) is 10.4. The van der Waals surface area contributed by atoms with Crippen LogP contribution in [-0.4, -0.2) is 31.2 Å². The van der Waals surface area contributed by atoms with Crippen molar-refractivity contribution < 1.29 is 23.4 Å². The van der Waals surface area contributed by atoms with E-state index in [-0.39, 0.29) is 25.3 Å². The summed E-state index contributed by atoms with van der Waals surface area (Å²) in [6, 6.07) is 12.1. The van der Waals surface area contributed by atoms with Crippen molar-refractivity contribution in [1.82, 2.24) is 10.3 Å². The first-order valence-electron chi connectivity index (χ1n) is 13.0. The molecule has 1 aromatic carbocycles. The van der Waals surface area contributed by atoms with Gasteiger partial charge in [0, 0.05) is 18.0 Å². The van der Waals surface area contributed by atoms with Crippen LogP contribution in [0.2, 0.25) is 0 Å². The van der Waals surface area contributed by atoms with Gasteiger partial charge in [0.05, 0.1) is 11.2 Å².